The molecule has 0 unspecified atom stereocenters. The van der Waals surface area contributed by atoms with Crippen LogP contribution in [0.3, 0.4) is 0 Å². The molecule has 1 aromatic rings. The van der Waals surface area contributed by atoms with Crippen molar-refractivity contribution in [3.05, 3.63) is 34.1 Å². The number of benzene rings is 1. The Morgan fingerprint density at radius 2 is 2.20 bits per heavy atom. The number of piperazine rings is 1. The summed E-state index contributed by atoms with van der Waals surface area (Å²) in [6.45, 7) is 4.37. The van der Waals surface area contributed by atoms with E-state index in [9.17, 15) is 4.39 Å². The molecule has 1 atom stereocenters. The summed E-state index contributed by atoms with van der Waals surface area (Å²) in [5.41, 5.74) is 1.50. The van der Waals surface area contributed by atoms with E-state index < -0.39 is 0 Å². The molecule has 2 N–H and O–H groups in total. The van der Waals surface area contributed by atoms with Crippen molar-refractivity contribution in [1.29, 1.82) is 0 Å². The van der Waals surface area contributed by atoms with E-state index in [2.05, 4.69) is 10.6 Å². The summed E-state index contributed by atoms with van der Waals surface area (Å²) in [7, 11) is 0. The molecule has 2 nitrogen and oxygen atoms in total. The van der Waals surface area contributed by atoms with E-state index in [1.165, 1.54) is 6.07 Å². The number of halogens is 2. The van der Waals surface area contributed by atoms with Crippen molar-refractivity contribution in [2.24, 2.45) is 0 Å². The zero-order valence-electron chi connectivity index (χ0n) is 8.61. The first-order valence-electron chi connectivity index (χ1n) is 5.08. The third-order valence-corrected chi connectivity index (χ3v) is 3.21. The molecule has 1 fully saturated rings. The van der Waals surface area contributed by atoms with Gasteiger partial charge in [-0.3, -0.25) is 0 Å². The molecular weight excluding hydrogens is 215 g/mol. The van der Waals surface area contributed by atoms with Crippen molar-refractivity contribution in [1.82, 2.24) is 10.6 Å². The number of hydrogen-bond acceptors (Lipinski definition) is 2. The van der Waals surface area contributed by atoms with Gasteiger partial charge in [0.2, 0.25) is 0 Å². The highest BCUT2D eigenvalue weighted by Gasteiger charge is 2.21. The average Bonchev–Trinajstić information content (AvgIpc) is 2.26. The first kappa shape index (κ1) is 10.9. The van der Waals surface area contributed by atoms with Crippen molar-refractivity contribution in [3.63, 3.8) is 0 Å². The van der Waals surface area contributed by atoms with E-state index >= 15 is 0 Å². The van der Waals surface area contributed by atoms with Crippen LogP contribution in [0.4, 0.5) is 4.39 Å². The van der Waals surface area contributed by atoms with Crippen LogP contribution in [0.5, 0.6) is 0 Å². The van der Waals surface area contributed by atoms with Crippen LogP contribution >= 0.6 is 11.6 Å². The topological polar surface area (TPSA) is 24.1 Å². The Bertz CT molecular complexity index is 362. The van der Waals surface area contributed by atoms with Gasteiger partial charge in [0.05, 0.1) is 5.02 Å². The number of aryl methyl sites for hydroxylation is 1. The van der Waals surface area contributed by atoms with E-state index in [4.69, 9.17) is 11.6 Å². The van der Waals surface area contributed by atoms with Gasteiger partial charge in [-0.2, -0.15) is 0 Å². The Hall–Kier alpha value is -0.640. The lowest BCUT2D eigenvalue weighted by atomic mass is 10.0. The van der Waals surface area contributed by atoms with Crippen LogP contribution in [-0.4, -0.2) is 19.6 Å². The summed E-state index contributed by atoms with van der Waals surface area (Å²) in [4.78, 5) is 0. The fourth-order valence-corrected chi connectivity index (χ4v) is 2.14. The van der Waals surface area contributed by atoms with Crippen LogP contribution in [-0.2, 0) is 0 Å². The third kappa shape index (κ3) is 2.14. The van der Waals surface area contributed by atoms with Gasteiger partial charge in [-0.25, -0.2) is 4.39 Å². The smallest absolute Gasteiger partial charge is 0.129 e. The zero-order valence-corrected chi connectivity index (χ0v) is 9.37. The lowest BCUT2D eigenvalue weighted by Crippen LogP contribution is -2.43. The Morgan fingerprint density at radius 1 is 1.40 bits per heavy atom. The first-order chi connectivity index (χ1) is 7.20. The molecular formula is C11H14ClFN2. The van der Waals surface area contributed by atoms with Crippen LogP contribution in [0.25, 0.3) is 0 Å². The molecule has 1 aliphatic rings. The Morgan fingerprint density at radius 3 is 2.87 bits per heavy atom. The maximum Gasteiger partial charge on any atom is 0.129 e. The first-order valence-corrected chi connectivity index (χ1v) is 5.46. The molecule has 1 heterocycles. The maximum absolute atomic E-state index is 13.7. The molecule has 0 amide bonds. The highest BCUT2D eigenvalue weighted by molar-refractivity contribution is 6.32. The molecule has 0 radical (unpaired) electrons. The summed E-state index contributed by atoms with van der Waals surface area (Å²) in [5.74, 6) is -0.230. The highest BCUT2D eigenvalue weighted by Crippen LogP contribution is 2.29. The molecule has 1 aliphatic heterocycles. The fourth-order valence-electron chi connectivity index (χ4n) is 1.86. The molecule has 0 aliphatic carbocycles. The van der Waals surface area contributed by atoms with Gasteiger partial charge >= 0.3 is 0 Å². The fraction of sp³-hybridized carbons (Fsp3) is 0.455. The summed E-state index contributed by atoms with van der Waals surface area (Å²) in [6.07, 6.45) is 0. The molecule has 0 saturated carbocycles. The van der Waals surface area contributed by atoms with Gasteiger partial charge in [-0.05, 0) is 18.6 Å². The van der Waals surface area contributed by atoms with Gasteiger partial charge in [-0.1, -0.05) is 17.7 Å². The number of rotatable bonds is 1. The van der Waals surface area contributed by atoms with E-state index in [-0.39, 0.29) is 11.9 Å². The van der Waals surface area contributed by atoms with Gasteiger partial charge in [0.15, 0.2) is 0 Å². The Balaban J connectivity index is 2.36. The van der Waals surface area contributed by atoms with Crippen molar-refractivity contribution in [2.75, 3.05) is 19.6 Å². The average molecular weight is 229 g/mol. The summed E-state index contributed by atoms with van der Waals surface area (Å²) < 4.78 is 13.7. The molecule has 0 spiro atoms. The molecule has 1 aromatic carbocycles. The van der Waals surface area contributed by atoms with E-state index in [0.717, 1.165) is 25.2 Å². The van der Waals surface area contributed by atoms with Crippen molar-refractivity contribution in [2.45, 2.75) is 13.0 Å². The number of hydrogen-bond donors (Lipinski definition) is 2. The minimum Gasteiger partial charge on any atom is -0.314 e. The molecule has 2 rings (SSSR count). The standard InChI is InChI=1S/C11H14ClFN2/c1-7-2-3-8(13)10(11(7)12)9-6-14-4-5-15-9/h2-3,9,14-15H,4-6H2,1H3/t9-/m0/s1. The molecule has 0 aromatic heterocycles. The molecule has 82 valence electrons. The minimum atomic E-state index is -0.230. The lowest BCUT2D eigenvalue weighted by Gasteiger charge is -2.26. The zero-order chi connectivity index (χ0) is 10.8. The normalized spacial score (nSPS) is 21.7. The van der Waals surface area contributed by atoms with Crippen molar-refractivity contribution in [3.8, 4) is 0 Å². The van der Waals surface area contributed by atoms with Crippen LogP contribution in [0.2, 0.25) is 5.02 Å². The van der Waals surface area contributed by atoms with E-state index in [0.29, 0.717) is 10.6 Å². The maximum atomic E-state index is 13.7. The number of nitrogens with one attached hydrogen (secondary N) is 2. The van der Waals surface area contributed by atoms with Gasteiger partial charge in [0.25, 0.3) is 0 Å². The van der Waals surface area contributed by atoms with Crippen LogP contribution in [0, 0.1) is 12.7 Å². The molecule has 1 saturated heterocycles. The van der Waals surface area contributed by atoms with E-state index in [1.54, 1.807) is 6.07 Å². The predicted octanol–water partition coefficient (Wildman–Crippen LogP) is 2.02. The second kappa shape index (κ2) is 4.47. The predicted molar refractivity (Wildman–Crippen MR) is 59.8 cm³/mol. The third-order valence-electron chi connectivity index (χ3n) is 2.71. The SMILES string of the molecule is Cc1ccc(F)c([C@@H]2CNCCN2)c1Cl. The molecule has 4 heteroatoms. The Labute approximate surface area is 93.8 Å². The summed E-state index contributed by atoms with van der Waals surface area (Å²) in [6, 6.07) is 3.16. The molecule has 0 bridgehead atoms. The van der Waals surface area contributed by atoms with Crippen LogP contribution in [0.1, 0.15) is 17.2 Å². The monoisotopic (exact) mass is 228 g/mol. The van der Waals surface area contributed by atoms with E-state index in [1.807, 2.05) is 6.92 Å². The van der Waals surface area contributed by atoms with Gasteiger partial charge < -0.3 is 10.6 Å². The second-order valence-electron chi connectivity index (χ2n) is 3.80. The van der Waals surface area contributed by atoms with Gasteiger partial charge in [0.1, 0.15) is 5.82 Å². The highest BCUT2D eigenvalue weighted by atomic mass is 35.5. The van der Waals surface area contributed by atoms with Crippen molar-refractivity contribution >= 4 is 11.6 Å². The molecule has 15 heavy (non-hydrogen) atoms. The Kier molecular flexibility index (Phi) is 3.24. The largest absolute Gasteiger partial charge is 0.314 e. The quantitative estimate of drug-likeness (QED) is 0.769. The van der Waals surface area contributed by atoms with Crippen LogP contribution < -0.4 is 10.6 Å². The van der Waals surface area contributed by atoms with Gasteiger partial charge in [0, 0.05) is 31.2 Å². The van der Waals surface area contributed by atoms with Crippen LogP contribution in [0.15, 0.2) is 12.1 Å². The summed E-state index contributed by atoms with van der Waals surface area (Å²) >= 11 is 6.12. The lowest BCUT2D eigenvalue weighted by molar-refractivity contribution is 0.417. The van der Waals surface area contributed by atoms with Gasteiger partial charge in [-0.15, -0.1) is 0 Å². The second-order valence-corrected chi connectivity index (χ2v) is 4.18. The van der Waals surface area contributed by atoms with Crippen molar-refractivity contribution < 1.29 is 4.39 Å². The minimum absolute atomic E-state index is 0.0221. The summed E-state index contributed by atoms with van der Waals surface area (Å²) in [5, 5.41) is 7.01.